The van der Waals surface area contributed by atoms with E-state index in [9.17, 15) is 14.4 Å². The number of halogens is 1. The second kappa shape index (κ2) is 8.25. The van der Waals surface area contributed by atoms with E-state index in [2.05, 4.69) is 15.9 Å². The molecule has 3 aliphatic rings. The molecule has 2 heterocycles. The topological polar surface area (TPSA) is 63.7 Å². The molecular formula is C31H20BrNO4. The van der Waals surface area contributed by atoms with E-state index in [4.69, 9.17) is 4.74 Å². The fourth-order valence-corrected chi connectivity index (χ4v) is 6.59. The standard InChI is InChI=1S/C31H20BrNO4/c32-19-10-6-11-20(15-19)33-29(34)26-22(17-7-2-1-3-8-17)16-23-25-21-12-5-4-9-18(21)13-14-24(25)37-31(36)27(23)28(26)30(33)35/h1-16,22,26-28H/t22-,26+,27+,28+/m1/s1. The van der Waals surface area contributed by atoms with Crippen molar-refractivity contribution in [3.63, 3.8) is 0 Å². The SMILES string of the molecule is O=C1Oc2ccc3ccccc3c2C2=C[C@H](c3ccccc3)[C@@H]3C(=O)N(c4cccc(Br)c4)C(=O)[C@@H]3[C@@H]12. The second-order valence-corrected chi connectivity index (χ2v) is 10.6. The molecule has 0 saturated carbocycles. The Morgan fingerprint density at radius 2 is 1.51 bits per heavy atom. The first-order valence-corrected chi connectivity index (χ1v) is 13.0. The van der Waals surface area contributed by atoms with Crippen LogP contribution < -0.4 is 9.64 Å². The van der Waals surface area contributed by atoms with Crippen molar-refractivity contribution in [1.29, 1.82) is 0 Å². The quantitative estimate of drug-likeness (QED) is 0.171. The Balaban J connectivity index is 1.48. The highest BCUT2D eigenvalue weighted by Gasteiger charge is 2.60. The molecule has 0 bridgehead atoms. The number of fused-ring (bicyclic) bond motifs is 7. The summed E-state index contributed by atoms with van der Waals surface area (Å²) in [5.74, 6) is -3.49. The van der Waals surface area contributed by atoms with Gasteiger partial charge in [-0.15, -0.1) is 0 Å². The lowest BCUT2D eigenvalue weighted by atomic mass is 9.64. The molecule has 4 aromatic carbocycles. The van der Waals surface area contributed by atoms with Gasteiger partial charge in [-0.2, -0.15) is 0 Å². The molecule has 5 nitrogen and oxygen atoms in total. The van der Waals surface area contributed by atoms with Crippen molar-refractivity contribution in [3.8, 4) is 5.75 Å². The van der Waals surface area contributed by atoms with Crippen LogP contribution in [0.1, 0.15) is 17.0 Å². The monoisotopic (exact) mass is 549 g/mol. The number of nitrogens with zero attached hydrogens (tertiary/aromatic N) is 1. The van der Waals surface area contributed by atoms with Gasteiger partial charge in [-0.1, -0.05) is 88.7 Å². The van der Waals surface area contributed by atoms with Crippen LogP contribution in [-0.2, 0) is 14.4 Å². The van der Waals surface area contributed by atoms with Crippen LogP contribution in [0, 0.1) is 17.8 Å². The largest absolute Gasteiger partial charge is 0.425 e. The summed E-state index contributed by atoms with van der Waals surface area (Å²) in [6.07, 6.45) is 2.03. The summed E-state index contributed by atoms with van der Waals surface area (Å²) in [6.45, 7) is 0. The van der Waals surface area contributed by atoms with Gasteiger partial charge < -0.3 is 4.74 Å². The maximum Gasteiger partial charge on any atom is 0.319 e. The molecule has 37 heavy (non-hydrogen) atoms. The molecule has 6 heteroatoms. The first-order chi connectivity index (χ1) is 18.0. The molecule has 4 atom stereocenters. The zero-order valence-corrected chi connectivity index (χ0v) is 21.1. The van der Waals surface area contributed by atoms with Crippen molar-refractivity contribution in [2.75, 3.05) is 4.90 Å². The minimum Gasteiger partial charge on any atom is -0.425 e. The van der Waals surface area contributed by atoms with Gasteiger partial charge >= 0.3 is 5.97 Å². The highest BCUT2D eigenvalue weighted by Crippen LogP contribution is 2.55. The van der Waals surface area contributed by atoms with E-state index in [1.54, 1.807) is 18.2 Å². The molecule has 4 aromatic rings. The molecule has 1 fully saturated rings. The summed E-state index contributed by atoms with van der Waals surface area (Å²) < 4.78 is 6.59. The summed E-state index contributed by atoms with van der Waals surface area (Å²) in [6, 6.07) is 28.5. The van der Waals surface area contributed by atoms with Gasteiger partial charge in [0.1, 0.15) is 5.75 Å². The Morgan fingerprint density at radius 3 is 2.32 bits per heavy atom. The highest BCUT2D eigenvalue weighted by molar-refractivity contribution is 9.10. The smallest absolute Gasteiger partial charge is 0.319 e. The first kappa shape index (κ1) is 22.2. The number of ether oxygens (including phenoxy) is 1. The number of benzene rings is 4. The highest BCUT2D eigenvalue weighted by atomic mass is 79.9. The second-order valence-electron chi connectivity index (χ2n) is 9.66. The number of imide groups is 1. The number of hydrogen-bond donors (Lipinski definition) is 0. The Morgan fingerprint density at radius 1 is 0.757 bits per heavy atom. The third kappa shape index (κ3) is 3.25. The molecule has 1 saturated heterocycles. The van der Waals surface area contributed by atoms with Crippen LogP contribution in [0.15, 0.2) is 102 Å². The molecule has 0 aromatic heterocycles. The summed E-state index contributed by atoms with van der Waals surface area (Å²) in [7, 11) is 0. The molecule has 0 N–H and O–H groups in total. The first-order valence-electron chi connectivity index (χ1n) is 12.2. The van der Waals surface area contributed by atoms with Crippen molar-refractivity contribution in [2.45, 2.75) is 5.92 Å². The maximum atomic E-state index is 14.1. The van der Waals surface area contributed by atoms with Crippen molar-refractivity contribution in [3.05, 3.63) is 113 Å². The van der Waals surface area contributed by atoms with Gasteiger partial charge in [-0.05, 0) is 46.2 Å². The fourth-order valence-electron chi connectivity index (χ4n) is 6.20. The molecule has 2 amide bonds. The number of carbonyl (C=O) groups excluding carboxylic acids is 3. The van der Waals surface area contributed by atoms with Crippen LogP contribution in [0.25, 0.3) is 16.3 Å². The lowest BCUT2D eigenvalue weighted by Gasteiger charge is -2.38. The summed E-state index contributed by atoms with van der Waals surface area (Å²) >= 11 is 3.45. The summed E-state index contributed by atoms with van der Waals surface area (Å²) in [5, 5.41) is 1.97. The average molecular weight is 550 g/mol. The van der Waals surface area contributed by atoms with Gasteiger partial charge in [0.05, 0.1) is 23.4 Å². The van der Waals surface area contributed by atoms with Gasteiger partial charge in [-0.3, -0.25) is 14.4 Å². The van der Waals surface area contributed by atoms with Crippen LogP contribution in [0.5, 0.6) is 5.75 Å². The third-order valence-electron chi connectivity index (χ3n) is 7.73. The normalized spacial score (nSPS) is 24.3. The fraction of sp³-hybridized carbons (Fsp3) is 0.129. The molecule has 180 valence electrons. The number of rotatable bonds is 2. The van der Waals surface area contributed by atoms with Gasteiger partial charge in [0, 0.05) is 16.0 Å². The Kier molecular flexibility index (Phi) is 4.95. The number of allylic oxidation sites excluding steroid dienone is 1. The predicted molar refractivity (Wildman–Crippen MR) is 144 cm³/mol. The summed E-state index contributed by atoms with van der Waals surface area (Å²) in [5.41, 5.74) is 3.00. The van der Waals surface area contributed by atoms with Crippen molar-refractivity contribution >= 4 is 55.7 Å². The van der Waals surface area contributed by atoms with E-state index in [1.165, 1.54) is 4.90 Å². The van der Waals surface area contributed by atoms with Crippen LogP contribution in [-0.4, -0.2) is 17.8 Å². The predicted octanol–water partition coefficient (Wildman–Crippen LogP) is 6.12. The van der Waals surface area contributed by atoms with Crippen molar-refractivity contribution < 1.29 is 19.1 Å². The van der Waals surface area contributed by atoms with Gasteiger partial charge in [0.2, 0.25) is 11.8 Å². The Labute approximate surface area is 221 Å². The number of hydrogen-bond acceptors (Lipinski definition) is 4. The van der Waals surface area contributed by atoms with E-state index in [0.29, 0.717) is 11.4 Å². The van der Waals surface area contributed by atoms with Crippen LogP contribution >= 0.6 is 15.9 Å². The van der Waals surface area contributed by atoms with Crippen LogP contribution in [0.4, 0.5) is 5.69 Å². The van der Waals surface area contributed by atoms with Crippen LogP contribution in [0.3, 0.4) is 0 Å². The van der Waals surface area contributed by atoms with Gasteiger partial charge in [0.25, 0.3) is 0 Å². The number of esters is 1. The minimum atomic E-state index is -0.865. The minimum absolute atomic E-state index is 0.297. The Hall–Kier alpha value is -4.03. The third-order valence-corrected chi connectivity index (χ3v) is 8.23. The molecule has 0 spiro atoms. The van der Waals surface area contributed by atoms with Crippen LogP contribution in [0.2, 0.25) is 0 Å². The molecule has 1 aliphatic carbocycles. The lowest BCUT2D eigenvalue weighted by molar-refractivity contribution is -0.142. The zero-order chi connectivity index (χ0) is 25.3. The van der Waals surface area contributed by atoms with Crippen molar-refractivity contribution in [1.82, 2.24) is 0 Å². The number of carbonyl (C=O) groups is 3. The molecule has 0 radical (unpaired) electrons. The molecule has 0 unspecified atom stereocenters. The summed E-state index contributed by atoms with van der Waals surface area (Å²) in [4.78, 5) is 42.8. The van der Waals surface area contributed by atoms with E-state index in [1.807, 2.05) is 78.9 Å². The van der Waals surface area contributed by atoms with Gasteiger partial charge in [0.15, 0.2) is 0 Å². The van der Waals surface area contributed by atoms with E-state index in [0.717, 1.165) is 31.9 Å². The molecular weight excluding hydrogens is 530 g/mol. The maximum absolute atomic E-state index is 14.1. The molecule has 7 rings (SSSR count). The van der Waals surface area contributed by atoms with E-state index >= 15 is 0 Å². The average Bonchev–Trinajstić information content (AvgIpc) is 3.18. The lowest BCUT2D eigenvalue weighted by Crippen LogP contribution is -2.42. The Bertz CT molecular complexity index is 1660. The number of amides is 2. The zero-order valence-electron chi connectivity index (χ0n) is 19.5. The van der Waals surface area contributed by atoms with Crippen molar-refractivity contribution in [2.24, 2.45) is 17.8 Å². The van der Waals surface area contributed by atoms with E-state index in [-0.39, 0.29) is 17.7 Å². The van der Waals surface area contributed by atoms with E-state index < -0.39 is 23.7 Å². The number of anilines is 1. The van der Waals surface area contributed by atoms with Gasteiger partial charge in [-0.25, -0.2) is 4.90 Å². The molecule has 2 aliphatic heterocycles.